The summed E-state index contributed by atoms with van der Waals surface area (Å²) in [5, 5.41) is 0. The maximum absolute atomic E-state index is 2.44. The Bertz CT molecular complexity index is 3270. The summed E-state index contributed by atoms with van der Waals surface area (Å²) in [6.07, 6.45) is 48.1. The lowest BCUT2D eigenvalue weighted by Gasteiger charge is -2.37. The molecule has 0 saturated heterocycles. The topological polar surface area (TPSA) is 0 Å². The van der Waals surface area contributed by atoms with Crippen LogP contribution in [-0.4, -0.2) is 0 Å². The van der Waals surface area contributed by atoms with E-state index >= 15 is 0 Å². The van der Waals surface area contributed by atoms with Gasteiger partial charge in [0.15, 0.2) is 0 Å². The number of rotatable bonds is 9. The lowest BCUT2D eigenvalue weighted by atomic mass is 9.68. The zero-order valence-electron chi connectivity index (χ0n) is 72.3. The van der Waals surface area contributed by atoms with Crippen molar-refractivity contribution in [3.8, 4) is 33.4 Å². The molecule has 0 atom stereocenters. The molecule has 110 heavy (non-hydrogen) atoms. The van der Waals surface area contributed by atoms with Gasteiger partial charge >= 0.3 is 0 Å². The van der Waals surface area contributed by atoms with Crippen molar-refractivity contribution in [3.63, 3.8) is 0 Å². The van der Waals surface area contributed by atoms with E-state index in [1.165, 1.54) is 232 Å². The molecule has 8 fully saturated rings. The van der Waals surface area contributed by atoms with E-state index in [0.717, 1.165) is 94.7 Å². The fourth-order valence-corrected chi connectivity index (χ4v) is 20.5. The summed E-state index contributed by atoms with van der Waals surface area (Å²) < 4.78 is 0. The molecule has 610 valence electrons. The van der Waals surface area contributed by atoms with E-state index in [0.29, 0.717) is 0 Å². The monoisotopic (exact) mass is 1490 g/mol. The minimum Gasteiger partial charge on any atom is -0.0625 e. The Kier molecular flexibility index (Phi) is 35.3. The van der Waals surface area contributed by atoms with Crippen LogP contribution in [0.15, 0.2) is 194 Å². The number of benzene rings is 8. The van der Waals surface area contributed by atoms with Crippen molar-refractivity contribution in [2.45, 2.75) is 314 Å². The number of aryl methyl sites for hydroxylation is 8. The summed E-state index contributed by atoms with van der Waals surface area (Å²) in [5.74, 6) is 16.4. The van der Waals surface area contributed by atoms with Gasteiger partial charge in [0, 0.05) is 11.4 Å². The summed E-state index contributed by atoms with van der Waals surface area (Å²) in [6, 6.07) is 70.4. The molecule has 0 nitrogen and oxygen atoms in total. The van der Waals surface area contributed by atoms with Crippen LogP contribution in [0.4, 0.5) is 0 Å². The Balaban J connectivity index is 0.000000464. The van der Waals surface area contributed by atoms with Gasteiger partial charge in [-0.15, -0.1) is 0 Å². The van der Waals surface area contributed by atoms with Crippen LogP contribution in [0.3, 0.4) is 0 Å². The zero-order chi connectivity index (χ0) is 77.7. The van der Waals surface area contributed by atoms with Gasteiger partial charge in [-0.3, -0.25) is 0 Å². The summed E-state index contributed by atoms with van der Waals surface area (Å²) in [4.78, 5) is 0. The van der Waals surface area contributed by atoms with Crippen LogP contribution in [0.25, 0.3) is 33.4 Å². The van der Waals surface area contributed by atoms with Gasteiger partial charge in [-0.2, -0.15) is 0 Å². The van der Waals surface area contributed by atoms with Crippen molar-refractivity contribution < 1.29 is 11.4 Å². The van der Waals surface area contributed by atoms with E-state index in [4.69, 9.17) is 0 Å². The molecule has 16 rings (SSSR count). The first-order chi connectivity index (χ1) is 53.2. The molecule has 8 saturated carbocycles. The molecule has 0 amide bonds. The normalized spacial score (nSPS) is 28.0. The number of hydrogen-bond acceptors (Lipinski definition) is 0. The highest BCUT2D eigenvalue weighted by molar-refractivity contribution is 5.65. The second-order valence-corrected chi connectivity index (χ2v) is 38.4. The third-order valence-electron chi connectivity index (χ3n) is 29.0. The smallest absolute Gasteiger partial charge is 0 e. The highest BCUT2D eigenvalue weighted by atomic mass is 14.4. The predicted molar refractivity (Wildman–Crippen MR) is 499 cm³/mol. The van der Waals surface area contributed by atoms with Crippen LogP contribution >= 0.6 is 0 Å². The van der Waals surface area contributed by atoms with Crippen LogP contribution in [0.1, 0.15) is 326 Å². The molecule has 0 aliphatic heterocycles. The Morgan fingerprint density at radius 3 is 0.382 bits per heavy atom. The van der Waals surface area contributed by atoms with Crippen molar-refractivity contribution in [1.29, 1.82) is 0 Å². The molecule has 0 spiro atoms. The van der Waals surface area contributed by atoms with Crippen molar-refractivity contribution >= 4 is 0 Å². The molecule has 0 bridgehead atoms. The Labute approximate surface area is 687 Å². The van der Waals surface area contributed by atoms with Gasteiger partial charge in [0.1, 0.15) is 0 Å². The molecule has 8 aromatic carbocycles. The van der Waals surface area contributed by atoms with Gasteiger partial charge in [0.25, 0.3) is 0 Å². The summed E-state index contributed by atoms with van der Waals surface area (Å²) in [5.41, 5.74) is 21.5. The second-order valence-electron chi connectivity index (χ2n) is 38.4. The van der Waals surface area contributed by atoms with Gasteiger partial charge < -0.3 is 0 Å². The van der Waals surface area contributed by atoms with E-state index in [1.807, 2.05) is 0 Å². The van der Waals surface area contributed by atoms with Crippen molar-refractivity contribution in [2.75, 3.05) is 0 Å². The summed E-state index contributed by atoms with van der Waals surface area (Å²) in [6.45, 7) is 31.6. The molecule has 8 aromatic rings. The number of hydrogen-bond donors (Lipinski definition) is 0. The second kappa shape index (κ2) is 45.0. The zero-order valence-corrected chi connectivity index (χ0v) is 72.3. The van der Waals surface area contributed by atoms with E-state index in [-0.39, 0.29) is 11.4 Å². The molecular weight excluding hydrogens is 1320 g/mol. The fraction of sp³-hybridized carbons (Fsp3) is 0.564. The molecule has 8 aliphatic rings. The van der Waals surface area contributed by atoms with Crippen molar-refractivity contribution in [2.24, 2.45) is 82.9 Å². The van der Waals surface area contributed by atoms with Crippen LogP contribution < -0.4 is 0 Å². The molecule has 0 radical (unpaired) electrons. The van der Waals surface area contributed by atoms with Crippen LogP contribution in [-0.2, 0) is 0 Å². The van der Waals surface area contributed by atoms with E-state index in [2.05, 4.69) is 291 Å². The molecule has 0 N–H and O–H groups in total. The van der Waals surface area contributed by atoms with Gasteiger partial charge in [-0.25, -0.2) is 0 Å². The third-order valence-corrected chi connectivity index (χ3v) is 29.0. The molecule has 8 aliphatic carbocycles. The van der Waals surface area contributed by atoms with Gasteiger partial charge in [-0.05, 0) is 323 Å². The average molecular weight is 1490 g/mol. The lowest BCUT2D eigenvalue weighted by molar-refractivity contribution is 0.155. The summed E-state index contributed by atoms with van der Waals surface area (Å²) in [7, 11) is 0. The van der Waals surface area contributed by atoms with Gasteiger partial charge in [0.05, 0.1) is 0 Å². The van der Waals surface area contributed by atoms with Crippen LogP contribution in [0.5, 0.6) is 0 Å². The van der Waals surface area contributed by atoms with E-state index < -0.39 is 0 Å². The predicted octanol–water partition coefficient (Wildman–Crippen LogP) is 35.3. The maximum atomic E-state index is 2.44. The molecule has 0 heteroatoms. The standard InChI is InChI=1S/2C20H30.2C14H26.3C14H14.8H2/c2*1-15-3-7-17(8-4-15)19-11-13-20(14-12-19)18-9-5-16(2)6-10-18;5*1-11-3-7-13(8-4-11)14-9-5-12(2)6-10-14;;;;;;;;/h2*3-4,7-8,16,18-20H,5-6,9-14H2,1-2H3;2*11-14H,3-10H2,1-2H3;3*3-10H,1-2H3;8*1H. The first-order valence-electron chi connectivity index (χ1n) is 45.8. The fourth-order valence-electron chi connectivity index (χ4n) is 20.5. The molecule has 0 aromatic heterocycles. The maximum Gasteiger partial charge on any atom is 0 e. The third kappa shape index (κ3) is 28.7. The quantitative estimate of drug-likeness (QED) is 0.135. The van der Waals surface area contributed by atoms with Crippen molar-refractivity contribution in [1.82, 2.24) is 0 Å². The van der Waals surface area contributed by atoms with Crippen LogP contribution in [0.2, 0.25) is 0 Å². The minimum absolute atomic E-state index is 0. The highest BCUT2D eigenvalue weighted by Gasteiger charge is 2.34. The van der Waals surface area contributed by atoms with Crippen molar-refractivity contribution in [3.05, 3.63) is 250 Å². The molecular formula is C110H170. The largest absolute Gasteiger partial charge is 0.0625 e. The molecule has 0 unspecified atom stereocenters. The van der Waals surface area contributed by atoms with Gasteiger partial charge in [0.2, 0.25) is 0 Å². The molecule has 0 heterocycles. The van der Waals surface area contributed by atoms with Gasteiger partial charge in [-0.1, -0.05) is 357 Å². The Hall–Kier alpha value is -6.24. The van der Waals surface area contributed by atoms with Crippen LogP contribution in [0, 0.1) is 138 Å². The summed E-state index contributed by atoms with van der Waals surface area (Å²) >= 11 is 0. The SMILES string of the molecule is CC1CCC(C2CCC(C)CC2)CC1.CC1CCC(C2CCC(C)CC2)CC1.Cc1ccc(-c2ccc(C)cc2)cc1.Cc1ccc(-c2ccc(C)cc2)cc1.Cc1ccc(-c2ccc(C)cc2)cc1.Cc1ccc(C2CCC(C3CCC(C)CC3)CC2)cc1.Cc1ccc(C2CCC(C3CCC(C)CC3)CC2)cc1.[HH].[HH].[HH].[HH].[HH].[HH].[HH].[HH]. The minimum atomic E-state index is 0. The first kappa shape index (κ1) is 86.2. The van der Waals surface area contributed by atoms with E-state index in [9.17, 15) is 0 Å². The van der Waals surface area contributed by atoms with E-state index in [1.54, 1.807) is 62.5 Å². The average Bonchev–Trinajstić information content (AvgIpc) is 0.844. The Morgan fingerprint density at radius 2 is 0.255 bits per heavy atom. The first-order valence-corrected chi connectivity index (χ1v) is 45.8. The Morgan fingerprint density at radius 1 is 0.145 bits per heavy atom. The lowest BCUT2D eigenvalue weighted by Crippen LogP contribution is -2.24. The highest BCUT2D eigenvalue weighted by Crippen LogP contribution is 2.47.